The van der Waals surface area contributed by atoms with Crippen LogP contribution in [0.5, 0.6) is 11.5 Å². The summed E-state index contributed by atoms with van der Waals surface area (Å²) in [5, 5.41) is 22.0. The number of carbonyl (C=O) groups excluding carboxylic acids is 1. The van der Waals surface area contributed by atoms with Crippen LogP contribution in [0.2, 0.25) is 5.02 Å². The number of aliphatic imine (C=N–C) groups is 1. The molecule has 0 aromatic heterocycles. The highest BCUT2D eigenvalue weighted by Crippen LogP contribution is 2.38. The number of cyclic esters (lactones) is 1. The lowest BCUT2D eigenvalue weighted by atomic mass is 10.1. The molecule has 11 nitrogen and oxygen atoms in total. The smallest absolute Gasteiger partial charge is 0.363 e. The molecule has 0 saturated carbocycles. The molecule has 0 aliphatic carbocycles. The second-order valence-electron chi connectivity index (χ2n) is 7.50. The second kappa shape index (κ2) is 10.8. The van der Waals surface area contributed by atoms with E-state index in [2.05, 4.69) is 20.9 Å². The number of carbonyl (C=O) groups is 1. The van der Waals surface area contributed by atoms with E-state index < -0.39 is 15.8 Å². The maximum atomic E-state index is 12.4. The van der Waals surface area contributed by atoms with Crippen LogP contribution in [0.4, 0.5) is 11.4 Å². The van der Waals surface area contributed by atoms with Crippen molar-refractivity contribution in [2.45, 2.75) is 6.61 Å². The highest BCUT2D eigenvalue weighted by molar-refractivity contribution is 9.10. The van der Waals surface area contributed by atoms with Crippen LogP contribution < -0.4 is 9.47 Å². The van der Waals surface area contributed by atoms with Crippen molar-refractivity contribution in [1.82, 2.24) is 0 Å². The molecule has 0 saturated heterocycles. The average molecular weight is 589 g/mol. The van der Waals surface area contributed by atoms with Gasteiger partial charge in [0.05, 0.1) is 32.0 Å². The molecule has 0 unspecified atom stereocenters. The van der Waals surface area contributed by atoms with Gasteiger partial charge >= 0.3 is 5.97 Å². The molecule has 3 aromatic rings. The van der Waals surface area contributed by atoms with E-state index in [0.717, 1.165) is 0 Å². The highest BCUT2D eigenvalue weighted by Gasteiger charge is 2.27. The molecule has 0 spiro atoms. The van der Waals surface area contributed by atoms with Crippen molar-refractivity contribution in [2.75, 3.05) is 7.11 Å². The fourth-order valence-electron chi connectivity index (χ4n) is 3.31. The Morgan fingerprint density at radius 2 is 1.73 bits per heavy atom. The van der Waals surface area contributed by atoms with Gasteiger partial charge in [-0.05, 0) is 63.5 Å². The first-order chi connectivity index (χ1) is 17.7. The minimum atomic E-state index is -0.758. The van der Waals surface area contributed by atoms with Gasteiger partial charge in [0.25, 0.3) is 11.4 Å². The van der Waals surface area contributed by atoms with E-state index in [-0.39, 0.29) is 40.2 Å². The number of nitro benzene ring substituents is 2. The number of esters is 1. The minimum absolute atomic E-state index is 0.0242. The molecule has 188 valence electrons. The summed E-state index contributed by atoms with van der Waals surface area (Å²) in [5.41, 5.74) is 1.04. The zero-order valence-corrected chi connectivity index (χ0v) is 21.2. The zero-order valence-electron chi connectivity index (χ0n) is 18.8. The molecule has 0 N–H and O–H groups in total. The van der Waals surface area contributed by atoms with E-state index in [1.807, 2.05) is 0 Å². The molecule has 13 heteroatoms. The average Bonchev–Trinajstić information content (AvgIpc) is 3.23. The van der Waals surface area contributed by atoms with Crippen LogP contribution in [0.15, 0.2) is 69.8 Å². The zero-order chi connectivity index (χ0) is 26.7. The fourth-order valence-corrected chi connectivity index (χ4v) is 4.08. The first-order valence-electron chi connectivity index (χ1n) is 10.4. The van der Waals surface area contributed by atoms with E-state index in [0.29, 0.717) is 27.1 Å². The van der Waals surface area contributed by atoms with Gasteiger partial charge in [-0.1, -0.05) is 11.6 Å². The van der Waals surface area contributed by atoms with E-state index in [1.54, 1.807) is 24.3 Å². The summed E-state index contributed by atoms with van der Waals surface area (Å²) >= 11 is 9.56. The molecule has 0 radical (unpaired) electrons. The lowest BCUT2D eigenvalue weighted by molar-refractivity contribution is -0.385. The molecule has 1 heterocycles. The third-order valence-corrected chi connectivity index (χ3v) is 6.02. The van der Waals surface area contributed by atoms with Gasteiger partial charge < -0.3 is 14.2 Å². The van der Waals surface area contributed by atoms with Crippen LogP contribution in [0, 0.1) is 20.2 Å². The molecule has 0 bridgehead atoms. The predicted molar refractivity (Wildman–Crippen MR) is 137 cm³/mol. The van der Waals surface area contributed by atoms with E-state index in [4.69, 9.17) is 25.8 Å². The lowest BCUT2D eigenvalue weighted by Crippen LogP contribution is -2.06. The number of methoxy groups -OCH3 is 1. The third kappa shape index (κ3) is 5.76. The Morgan fingerprint density at radius 1 is 1.05 bits per heavy atom. The van der Waals surface area contributed by atoms with E-state index in [1.165, 1.54) is 43.5 Å². The first kappa shape index (κ1) is 25.8. The maximum absolute atomic E-state index is 12.4. The van der Waals surface area contributed by atoms with Crippen LogP contribution in [0.1, 0.15) is 16.7 Å². The lowest BCUT2D eigenvalue weighted by Gasteiger charge is -2.13. The largest absolute Gasteiger partial charge is 0.493 e. The van der Waals surface area contributed by atoms with Gasteiger partial charge in [0.15, 0.2) is 17.2 Å². The van der Waals surface area contributed by atoms with Crippen molar-refractivity contribution in [2.24, 2.45) is 4.99 Å². The van der Waals surface area contributed by atoms with Crippen molar-refractivity contribution in [1.29, 1.82) is 0 Å². The molecular weight excluding hydrogens is 574 g/mol. The normalized spacial score (nSPS) is 13.8. The summed E-state index contributed by atoms with van der Waals surface area (Å²) < 4.78 is 17.0. The molecule has 4 rings (SSSR count). The van der Waals surface area contributed by atoms with E-state index in [9.17, 15) is 25.0 Å². The third-order valence-electron chi connectivity index (χ3n) is 5.10. The Balaban J connectivity index is 1.59. The number of nitrogens with zero attached hydrogens (tertiary/aromatic N) is 3. The van der Waals surface area contributed by atoms with Gasteiger partial charge in [-0.25, -0.2) is 9.79 Å². The fraction of sp³-hybridized carbons (Fsp3) is 0.0833. The van der Waals surface area contributed by atoms with Crippen LogP contribution >= 0.6 is 27.5 Å². The number of hydrogen-bond acceptors (Lipinski definition) is 9. The van der Waals surface area contributed by atoms with Crippen molar-refractivity contribution < 1.29 is 28.9 Å². The monoisotopic (exact) mass is 587 g/mol. The van der Waals surface area contributed by atoms with Crippen LogP contribution in [-0.2, 0) is 16.1 Å². The van der Waals surface area contributed by atoms with Crippen molar-refractivity contribution in [3.63, 3.8) is 0 Å². The Bertz CT molecular complexity index is 1490. The SMILES string of the molecule is COc1cc(/C=C2\N=C(c3cc([N+](=O)[O-])ccc3Cl)OC2=O)cc(Br)c1OCc1ccc([N+](=O)[O-])cc1. The number of halogens is 2. The van der Waals surface area contributed by atoms with Crippen molar-refractivity contribution in [3.05, 3.63) is 107 Å². The Morgan fingerprint density at radius 3 is 2.38 bits per heavy atom. The van der Waals surface area contributed by atoms with Crippen LogP contribution in [0.3, 0.4) is 0 Å². The number of non-ortho nitro benzene ring substituents is 2. The summed E-state index contributed by atoms with van der Waals surface area (Å²) in [7, 11) is 1.45. The number of ether oxygens (including phenoxy) is 3. The molecule has 3 aromatic carbocycles. The summed E-state index contributed by atoms with van der Waals surface area (Å²) in [4.78, 5) is 37.4. The topological polar surface area (TPSA) is 143 Å². The van der Waals surface area contributed by atoms with Gasteiger partial charge in [-0.2, -0.15) is 0 Å². The molecule has 37 heavy (non-hydrogen) atoms. The van der Waals surface area contributed by atoms with Gasteiger partial charge in [0, 0.05) is 24.3 Å². The number of nitro groups is 2. The Hall–Kier alpha value is -4.29. The van der Waals surface area contributed by atoms with Gasteiger partial charge in [0.1, 0.15) is 6.61 Å². The van der Waals surface area contributed by atoms with Gasteiger partial charge in [-0.3, -0.25) is 20.2 Å². The van der Waals surface area contributed by atoms with Crippen LogP contribution in [-0.4, -0.2) is 28.8 Å². The van der Waals surface area contributed by atoms with Crippen molar-refractivity contribution in [3.8, 4) is 11.5 Å². The van der Waals surface area contributed by atoms with E-state index >= 15 is 0 Å². The molecule has 0 atom stereocenters. The highest BCUT2D eigenvalue weighted by atomic mass is 79.9. The quantitative estimate of drug-likeness (QED) is 0.138. The first-order valence-corrected chi connectivity index (χ1v) is 11.5. The molecule has 1 aliphatic rings. The molecular formula is C24H15BrClN3O8. The van der Waals surface area contributed by atoms with Gasteiger partial charge in [-0.15, -0.1) is 0 Å². The summed E-state index contributed by atoms with van der Waals surface area (Å²) in [6, 6.07) is 13.0. The maximum Gasteiger partial charge on any atom is 0.363 e. The Labute approximate surface area is 222 Å². The summed E-state index contributed by atoms with van der Waals surface area (Å²) in [6.45, 7) is 0.122. The molecule has 0 amide bonds. The second-order valence-corrected chi connectivity index (χ2v) is 8.77. The van der Waals surface area contributed by atoms with Crippen molar-refractivity contribution >= 4 is 56.8 Å². The molecule has 1 aliphatic heterocycles. The number of hydrogen-bond donors (Lipinski definition) is 0. The number of rotatable bonds is 8. The summed E-state index contributed by atoms with van der Waals surface area (Å²) in [6.07, 6.45) is 1.45. The summed E-state index contributed by atoms with van der Waals surface area (Å²) in [5.74, 6) is -0.185. The van der Waals surface area contributed by atoms with Crippen LogP contribution in [0.25, 0.3) is 6.08 Å². The minimum Gasteiger partial charge on any atom is -0.493 e. The number of benzene rings is 3. The molecule has 0 fully saturated rings. The Kier molecular flexibility index (Phi) is 7.50. The standard InChI is InChI=1S/C24H15BrClN3O8/c1-35-21-10-14(8-18(25)22(21)36-12-13-2-4-15(5-3-13)28(31)32)9-20-24(30)37-23(27-20)17-11-16(29(33)34)6-7-19(17)26/h2-11H,12H2,1H3/b20-9-. The van der Waals surface area contributed by atoms with Gasteiger partial charge in [0.2, 0.25) is 5.90 Å². The predicted octanol–water partition coefficient (Wildman–Crippen LogP) is 5.85.